The van der Waals surface area contributed by atoms with Crippen LogP contribution >= 0.6 is 11.3 Å². The molecule has 0 aliphatic rings. The SMILES string of the molecule is Cc1scnc1C(O)C(N)CC(C)C. The second-order valence-corrected chi connectivity index (χ2v) is 5.09. The van der Waals surface area contributed by atoms with Crippen molar-refractivity contribution in [3.8, 4) is 0 Å². The van der Waals surface area contributed by atoms with Crippen molar-refractivity contribution in [3.05, 3.63) is 16.1 Å². The standard InChI is InChI=1S/C10H18N2OS/c1-6(2)4-8(11)10(13)9-7(3)14-5-12-9/h5-6,8,10,13H,4,11H2,1-3H3. The van der Waals surface area contributed by atoms with Crippen LogP contribution in [0.2, 0.25) is 0 Å². The summed E-state index contributed by atoms with van der Waals surface area (Å²) in [6.07, 6.45) is 0.196. The average Bonchev–Trinajstić information content (AvgIpc) is 2.48. The molecule has 0 spiro atoms. The summed E-state index contributed by atoms with van der Waals surface area (Å²) in [4.78, 5) is 5.19. The van der Waals surface area contributed by atoms with Crippen molar-refractivity contribution >= 4 is 11.3 Å². The van der Waals surface area contributed by atoms with Crippen LogP contribution in [-0.4, -0.2) is 16.1 Å². The molecule has 0 fully saturated rings. The lowest BCUT2D eigenvalue weighted by Crippen LogP contribution is -2.30. The minimum atomic E-state index is -0.622. The van der Waals surface area contributed by atoms with Gasteiger partial charge in [-0.2, -0.15) is 0 Å². The van der Waals surface area contributed by atoms with Gasteiger partial charge in [0.05, 0.1) is 11.2 Å². The third-order valence-corrected chi connectivity index (χ3v) is 2.98. The summed E-state index contributed by atoms with van der Waals surface area (Å²) in [6, 6.07) is -0.212. The molecule has 0 aliphatic carbocycles. The van der Waals surface area contributed by atoms with E-state index in [2.05, 4.69) is 18.8 Å². The van der Waals surface area contributed by atoms with Crippen LogP contribution in [0.4, 0.5) is 0 Å². The molecule has 0 aromatic carbocycles. The number of thiazole rings is 1. The normalized spacial score (nSPS) is 15.9. The van der Waals surface area contributed by atoms with Crippen LogP contribution in [0.1, 0.15) is 36.9 Å². The second kappa shape index (κ2) is 4.87. The fourth-order valence-electron chi connectivity index (χ4n) is 1.47. The van der Waals surface area contributed by atoms with E-state index < -0.39 is 6.10 Å². The summed E-state index contributed by atoms with van der Waals surface area (Å²) < 4.78 is 0. The molecular formula is C10H18N2OS. The molecule has 2 atom stereocenters. The molecule has 3 N–H and O–H groups in total. The van der Waals surface area contributed by atoms with Crippen molar-refractivity contribution in [2.24, 2.45) is 11.7 Å². The molecule has 0 saturated carbocycles. The fraction of sp³-hybridized carbons (Fsp3) is 0.700. The highest BCUT2D eigenvalue weighted by atomic mass is 32.1. The van der Waals surface area contributed by atoms with Crippen molar-refractivity contribution in [2.75, 3.05) is 0 Å². The summed E-state index contributed by atoms with van der Waals surface area (Å²) in [5.74, 6) is 0.499. The molecule has 2 unspecified atom stereocenters. The summed E-state index contributed by atoms with van der Waals surface area (Å²) in [6.45, 7) is 6.15. The maximum absolute atomic E-state index is 9.93. The zero-order valence-corrected chi connectivity index (χ0v) is 9.71. The Balaban J connectivity index is 2.65. The van der Waals surface area contributed by atoms with E-state index in [1.165, 1.54) is 0 Å². The lowest BCUT2D eigenvalue weighted by Gasteiger charge is -2.19. The summed E-state index contributed by atoms with van der Waals surface area (Å²) in [5.41, 5.74) is 8.38. The van der Waals surface area contributed by atoms with Crippen molar-refractivity contribution < 1.29 is 5.11 Å². The van der Waals surface area contributed by atoms with Crippen LogP contribution in [0, 0.1) is 12.8 Å². The van der Waals surface area contributed by atoms with Gasteiger partial charge in [-0.15, -0.1) is 11.3 Å². The maximum Gasteiger partial charge on any atom is 0.112 e. The van der Waals surface area contributed by atoms with Crippen LogP contribution < -0.4 is 5.73 Å². The van der Waals surface area contributed by atoms with Crippen LogP contribution in [-0.2, 0) is 0 Å². The highest BCUT2D eigenvalue weighted by Crippen LogP contribution is 2.23. The largest absolute Gasteiger partial charge is 0.385 e. The Hall–Kier alpha value is -0.450. The molecule has 3 nitrogen and oxygen atoms in total. The maximum atomic E-state index is 9.93. The number of hydrogen-bond acceptors (Lipinski definition) is 4. The Bertz CT molecular complexity index is 285. The van der Waals surface area contributed by atoms with E-state index in [9.17, 15) is 5.11 Å². The van der Waals surface area contributed by atoms with Crippen LogP contribution in [0.3, 0.4) is 0 Å². The van der Waals surface area contributed by atoms with Crippen molar-refractivity contribution in [1.29, 1.82) is 0 Å². The minimum Gasteiger partial charge on any atom is -0.385 e. The predicted molar refractivity (Wildman–Crippen MR) is 59.2 cm³/mol. The van der Waals surface area contributed by atoms with Crippen molar-refractivity contribution in [3.63, 3.8) is 0 Å². The third-order valence-electron chi connectivity index (χ3n) is 2.21. The number of aliphatic hydroxyl groups excluding tert-OH is 1. The van der Waals surface area contributed by atoms with Gasteiger partial charge < -0.3 is 10.8 Å². The zero-order valence-electron chi connectivity index (χ0n) is 8.90. The van der Waals surface area contributed by atoms with Gasteiger partial charge in [0.15, 0.2) is 0 Å². The molecule has 1 aromatic rings. The number of nitrogens with two attached hydrogens (primary N) is 1. The number of aromatic nitrogens is 1. The van der Waals surface area contributed by atoms with Crippen LogP contribution in [0.5, 0.6) is 0 Å². The Morgan fingerprint density at radius 2 is 2.21 bits per heavy atom. The van der Waals surface area contributed by atoms with Gasteiger partial charge in [-0.05, 0) is 19.3 Å². The Labute approximate surface area is 89.0 Å². The topological polar surface area (TPSA) is 59.1 Å². The molecule has 0 aliphatic heterocycles. The predicted octanol–water partition coefficient (Wildman–Crippen LogP) is 1.86. The molecule has 0 bridgehead atoms. The second-order valence-electron chi connectivity index (χ2n) is 4.03. The van der Waals surface area contributed by atoms with Gasteiger partial charge in [0, 0.05) is 10.9 Å². The molecule has 0 radical (unpaired) electrons. The summed E-state index contributed by atoms with van der Waals surface area (Å²) >= 11 is 1.54. The quantitative estimate of drug-likeness (QED) is 0.804. The average molecular weight is 214 g/mol. The smallest absolute Gasteiger partial charge is 0.112 e. The Morgan fingerprint density at radius 1 is 1.57 bits per heavy atom. The van der Waals surface area contributed by atoms with Gasteiger partial charge in [0.2, 0.25) is 0 Å². The van der Waals surface area contributed by atoms with E-state index in [0.29, 0.717) is 5.92 Å². The first-order chi connectivity index (χ1) is 6.52. The Morgan fingerprint density at radius 3 is 2.64 bits per heavy atom. The fourth-order valence-corrected chi connectivity index (χ4v) is 2.09. The molecule has 0 amide bonds. The van der Waals surface area contributed by atoms with Gasteiger partial charge in [-0.25, -0.2) is 4.98 Å². The van der Waals surface area contributed by atoms with E-state index in [0.717, 1.165) is 17.0 Å². The first-order valence-electron chi connectivity index (χ1n) is 4.86. The van der Waals surface area contributed by atoms with Crippen LogP contribution in [0.25, 0.3) is 0 Å². The van der Waals surface area contributed by atoms with Gasteiger partial charge >= 0.3 is 0 Å². The number of rotatable bonds is 4. The number of hydrogen-bond donors (Lipinski definition) is 2. The van der Waals surface area contributed by atoms with Gasteiger partial charge in [0.25, 0.3) is 0 Å². The van der Waals surface area contributed by atoms with E-state index in [1.807, 2.05) is 6.92 Å². The van der Waals surface area contributed by atoms with Gasteiger partial charge in [0.1, 0.15) is 6.10 Å². The van der Waals surface area contributed by atoms with E-state index in [4.69, 9.17) is 5.73 Å². The van der Waals surface area contributed by atoms with E-state index >= 15 is 0 Å². The zero-order chi connectivity index (χ0) is 10.7. The van der Waals surface area contributed by atoms with Gasteiger partial charge in [-0.1, -0.05) is 13.8 Å². The van der Waals surface area contributed by atoms with Crippen molar-refractivity contribution in [2.45, 2.75) is 39.3 Å². The highest BCUT2D eigenvalue weighted by Gasteiger charge is 2.21. The third kappa shape index (κ3) is 2.77. The monoisotopic (exact) mass is 214 g/mol. The molecule has 1 aromatic heterocycles. The van der Waals surface area contributed by atoms with Gasteiger partial charge in [-0.3, -0.25) is 0 Å². The summed E-state index contributed by atoms with van der Waals surface area (Å²) in [5, 5.41) is 9.93. The lowest BCUT2D eigenvalue weighted by molar-refractivity contribution is 0.131. The molecule has 1 heterocycles. The number of nitrogens with zero attached hydrogens (tertiary/aromatic N) is 1. The molecular weight excluding hydrogens is 196 g/mol. The molecule has 1 rings (SSSR count). The lowest BCUT2D eigenvalue weighted by atomic mass is 9.98. The molecule has 4 heteroatoms. The Kier molecular flexibility index (Phi) is 4.04. The number of aryl methyl sites for hydroxylation is 1. The van der Waals surface area contributed by atoms with E-state index in [1.54, 1.807) is 16.8 Å². The molecule has 80 valence electrons. The van der Waals surface area contributed by atoms with Crippen LogP contribution in [0.15, 0.2) is 5.51 Å². The number of aliphatic hydroxyl groups is 1. The molecule has 14 heavy (non-hydrogen) atoms. The molecule has 0 saturated heterocycles. The first kappa shape index (κ1) is 11.6. The van der Waals surface area contributed by atoms with Crippen molar-refractivity contribution in [1.82, 2.24) is 4.98 Å². The van der Waals surface area contributed by atoms with E-state index in [-0.39, 0.29) is 6.04 Å². The summed E-state index contributed by atoms with van der Waals surface area (Å²) in [7, 11) is 0. The minimum absolute atomic E-state index is 0.212. The highest BCUT2D eigenvalue weighted by molar-refractivity contribution is 7.09. The first-order valence-corrected chi connectivity index (χ1v) is 5.74.